The highest BCUT2D eigenvalue weighted by molar-refractivity contribution is 6.32. The number of carbonyl (C=O) groups excluding carboxylic acids is 1. The van der Waals surface area contributed by atoms with Gasteiger partial charge in [0, 0.05) is 13.0 Å². The van der Waals surface area contributed by atoms with Crippen LogP contribution in [-0.2, 0) is 11.3 Å². The molecule has 1 aliphatic rings. The summed E-state index contributed by atoms with van der Waals surface area (Å²) in [4.78, 5) is 19.3. The van der Waals surface area contributed by atoms with E-state index >= 15 is 0 Å². The van der Waals surface area contributed by atoms with Gasteiger partial charge >= 0.3 is 0 Å². The van der Waals surface area contributed by atoms with E-state index in [9.17, 15) is 4.79 Å². The highest BCUT2D eigenvalue weighted by Crippen LogP contribution is 2.34. The summed E-state index contributed by atoms with van der Waals surface area (Å²) in [6, 6.07) is 15.6. The molecule has 28 heavy (non-hydrogen) atoms. The van der Waals surface area contributed by atoms with Crippen LogP contribution in [0.5, 0.6) is 5.75 Å². The second-order valence-corrected chi connectivity index (χ2v) is 7.40. The van der Waals surface area contributed by atoms with E-state index in [1.54, 1.807) is 0 Å². The molecule has 0 unspecified atom stereocenters. The van der Waals surface area contributed by atoms with E-state index in [-0.39, 0.29) is 11.9 Å². The van der Waals surface area contributed by atoms with Gasteiger partial charge in [-0.2, -0.15) is 0 Å². The Hall–Kier alpha value is -2.53. The van der Waals surface area contributed by atoms with Crippen molar-refractivity contribution in [3.8, 4) is 5.75 Å². The smallest absolute Gasteiger partial charge is 0.222 e. The fourth-order valence-corrected chi connectivity index (χ4v) is 4.12. The van der Waals surface area contributed by atoms with Gasteiger partial charge in [0.1, 0.15) is 18.2 Å². The van der Waals surface area contributed by atoms with Crippen LogP contribution in [0.15, 0.2) is 48.5 Å². The Morgan fingerprint density at radius 1 is 1.21 bits per heavy atom. The maximum Gasteiger partial charge on any atom is 0.222 e. The lowest BCUT2D eigenvalue weighted by Gasteiger charge is -2.25. The number of likely N-dealkylation sites (tertiary alicyclic amines) is 1. The lowest BCUT2D eigenvalue weighted by atomic mass is 10.2. The molecule has 0 N–H and O–H groups in total. The highest BCUT2D eigenvalue weighted by Gasteiger charge is 2.32. The molecule has 5 nitrogen and oxygen atoms in total. The molecule has 0 bridgehead atoms. The first-order valence-electron chi connectivity index (χ1n) is 9.81. The summed E-state index contributed by atoms with van der Waals surface area (Å²) >= 11 is 6.20. The second kappa shape index (κ2) is 8.23. The van der Waals surface area contributed by atoms with Crippen LogP contribution in [0.3, 0.4) is 0 Å². The molecule has 0 aliphatic carbocycles. The number of aromatic nitrogens is 2. The van der Waals surface area contributed by atoms with Crippen molar-refractivity contribution in [2.45, 2.75) is 38.8 Å². The fourth-order valence-electron chi connectivity index (χ4n) is 3.93. The minimum atomic E-state index is 0.0279. The number of amides is 1. The third-order valence-corrected chi connectivity index (χ3v) is 5.58. The van der Waals surface area contributed by atoms with Crippen molar-refractivity contribution in [3.63, 3.8) is 0 Å². The Kier molecular flexibility index (Phi) is 5.53. The second-order valence-electron chi connectivity index (χ2n) is 6.99. The number of fused-ring (bicyclic) bond motifs is 1. The van der Waals surface area contributed by atoms with Gasteiger partial charge < -0.3 is 14.2 Å². The van der Waals surface area contributed by atoms with Crippen LogP contribution in [0.2, 0.25) is 5.02 Å². The van der Waals surface area contributed by atoms with Crippen LogP contribution in [0.1, 0.15) is 38.1 Å². The number of ether oxygens (including phenoxy) is 1. The van der Waals surface area contributed by atoms with Crippen LogP contribution < -0.4 is 4.74 Å². The van der Waals surface area contributed by atoms with Crippen LogP contribution in [0.4, 0.5) is 0 Å². The van der Waals surface area contributed by atoms with Crippen molar-refractivity contribution in [1.82, 2.24) is 14.5 Å². The van der Waals surface area contributed by atoms with Gasteiger partial charge in [-0.3, -0.25) is 4.79 Å². The molecule has 4 rings (SSSR count). The summed E-state index contributed by atoms with van der Waals surface area (Å²) in [6.45, 7) is 3.84. The molecule has 1 saturated heterocycles. The molecule has 0 spiro atoms. The topological polar surface area (TPSA) is 47.4 Å². The first-order valence-corrected chi connectivity index (χ1v) is 10.2. The normalized spacial score (nSPS) is 16.6. The Bertz CT molecular complexity index is 985. The number of hydrogen-bond acceptors (Lipinski definition) is 3. The van der Waals surface area contributed by atoms with E-state index in [0.717, 1.165) is 36.2 Å². The minimum absolute atomic E-state index is 0.0279. The van der Waals surface area contributed by atoms with Gasteiger partial charge in [0.05, 0.1) is 28.6 Å². The molecular formula is C22H24ClN3O2. The summed E-state index contributed by atoms with van der Waals surface area (Å²) in [7, 11) is 0. The molecular weight excluding hydrogens is 374 g/mol. The maximum atomic E-state index is 12.4. The lowest BCUT2D eigenvalue weighted by Crippen LogP contribution is -2.31. The highest BCUT2D eigenvalue weighted by atomic mass is 35.5. The van der Waals surface area contributed by atoms with Crippen LogP contribution in [-0.4, -0.2) is 33.5 Å². The largest absolute Gasteiger partial charge is 0.490 e. The average Bonchev–Trinajstić information content (AvgIpc) is 3.33. The zero-order valence-electron chi connectivity index (χ0n) is 16.0. The van der Waals surface area contributed by atoms with Crippen molar-refractivity contribution in [2.24, 2.45) is 0 Å². The Morgan fingerprint density at radius 3 is 2.82 bits per heavy atom. The van der Waals surface area contributed by atoms with Crippen molar-refractivity contribution >= 4 is 28.5 Å². The third-order valence-electron chi connectivity index (χ3n) is 5.27. The predicted molar refractivity (Wildman–Crippen MR) is 111 cm³/mol. The first-order chi connectivity index (χ1) is 13.7. The van der Waals surface area contributed by atoms with E-state index < -0.39 is 0 Å². The molecule has 1 aliphatic heterocycles. The monoisotopic (exact) mass is 397 g/mol. The number of benzene rings is 2. The predicted octanol–water partition coefficient (Wildman–Crippen LogP) is 4.84. The summed E-state index contributed by atoms with van der Waals surface area (Å²) in [5, 5.41) is 0.605. The van der Waals surface area contributed by atoms with E-state index in [4.69, 9.17) is 21.3 Å². The molecule has 1 atom stereocenters. The van der Waals surface area contributed by atoms with E-state index in [1.165, 1.54) is 0 Å². The third kappa shape index (κ3) is 3.59. The Labute approximate surface area is 169 Å². The molecule has 3 aromatic rings. The molecule has 1 amide bonds. The summed E-state index contributed by atoms with van der Waals surface area (Å²) < 4.78 is 8.10. The average molecular weight is 398 g/mol. The number of para-hydroxylation sites is 3. The van der Waals surface area contributed by atoms with Crippen molar-refractivity contribution < 1.29 is 9.53 Å². The van der Waals surface area contributed by atoms with Crippen LogP contribution >= 0.6 is 11.6 Å². The van der Waals surface area contributed by atoms with Crippen LogP contribution in [0, 0.1) is 0 Å². The van der Waals surface area contributed by atoms with Gasteiger partial charge in [-0.25, -0.2) is 4.98 Å². The van der Waals surface area contributed by atoms with E-state index in [0.29, 0.717) is 30.3 Å². The molecule has 1 fully saturated rings. The van der Waals surface area contributed by atoms with E-state index in [1.807, 2.05) is 54.3 Å². The summed E-state index contributed by atoms with van der Waals surface area (Å²) in [5.74, 6) is 1.82. The fraction of sp³-hybridized carbons (Fsp3) is 0.364. The molecule has 2 heterocycles. The Balaban J connectivity index is 1.62. The molecule has 146 valence electrons. The number of hydrogen-bond donors (Lipinski definition) is 0. The number of rotatable bonds is 6. The molecule has 0 radical (unpaired) electrons. The van der Waals surface area contributed by atoms with Gasteiger partial charge in [-0.15, -0.1) is 0 Å². The van der Waals surface area contributed by atoms with Crippen molar-refractivity contribution in [2.75, 3.05) is 13.2 Å². The molecule has 0 saturated carbocycles. The quantitative estimate of drug-likeness (QED) is 0.597. The molecule has 1 aromatic heterocycles. The number of carbonyl (C=O) groups is 1. The van der Waals surface area contributed by atoms with Crippen LogP contribution in [0.25, 0.3) is 11.0 Å². The van der Waals surface area contributed by atoms with Gasteiger partial charge in [0.25, 0.3) is 0 Å². The summed E-state index contributed by atoms with van der Waals surface area (Å²) in [6.07, 6.45) is 2.47. The first kappa shape index (κ1) is 18.8. The van der Waals surface area contributed by atoms with Crippen molar-refractivity contribution in [1.29, 1.82) is 0 Å². The standard InChI is InChI=1S/C22H24ClN3O2/c1-2-21(27)25-13-7-11-19(25)22-24-17-9-4-5-10-18(17)26(22)14-15-28-20-12-6-3-8-16(20)23/h3-6,8-10,12,19H,2,7,11,13-15H2,1H3/t19-/m0/s1. The van der Waals surface area contributed by atoms with E-state index in [2.05, 4.69) is 10.6 Å². The maximum absolute atomic E-state index is 12.4. The number of nitrogens with zero attached hydrogens (tertiary/aromatic N) is 3. The van der Waals surface area contributed by atoms with Gasteiger partial charge in [-0.1, -0.05) is 42.8 Å². The minimum Gasteiger partial charge on any atom is -0.490 e. The van der Waals surface area contributed by atoms with Gasteiger partial charge in [0.2, 0.25) is 5.91 Å². The summed E-state index contributed by atoms with van der Waals surface area (Å²) in [5.41, 5.74) is 2.02. The molecule has 2 aromatic carbocycles. The van der Waals surface area contributed by atoms with Crippen molar-refractivity contribution in [3.05, 3.63) is 59.4 Å². The number of imidazole rings is 1. The zero-order valence-corrected chi connectivity index (χ0v) is 16.7. The zero-order chi connectivity index (χ0) is 19.5. The lowest BCUT2D eigenvalue weighted by molar-refractivity contribution is -0.131. The molecule has 6 heteroatoms. The Morgan fingerprint density at radius 2 is 2.00 bits per heavy atom. The SMILES string of the molecule is CCC(=O)N1CCC[C@H]1c1nc2ccccc2n1CCOc1ccccc1Cl. The van der Waals surface area contributed by atoms with Gasteiger partial charge in [-0.05, 0) is 37.1 Å². The number of halogens is 1. The van der Waals surface area contributed by atoms with Gasteiger partial charge in [0.15, 0.2) is 0 Å².